The van der Waals surface area contributed by atoms with E-state index in [-0.39, 0.29) is 11.6 Å². The van der Waals surface area contributed by atoms with Crippen LogP contribution in [-0.2, 0) is 14.4 Å². The van der Waals surface area contributed by atoms with Crippen LogP contribution in [0.15, 0.2) is 5.16 Å². The number of oxime groups is 1. The van der Waals surface area contributed by atoms with Crippen LogP contribution in [0.5, 0.6) is 0 Å². The summed E-state index contributed by atoms with van der Waals surface area (Å²) in [4.78, 5) is 26.7. The van der Waals surface area contributed by atoms with Gasteiger partial charge >= 0.3 is 0 Å². The van der Waals surface area contributed by atoms with Gasteiger partial charge in [0.1, 0.15) is 24.6 Å². The molecule has 0 aromatic heterocycles. The van der Waals surface area contributed by atoms with Crippen molar-refractivity contribution in [2.24, 2.45) is 11.1 Å². The van der Waals surface area contributed by atoms with Gasteiger partial charge in [0.15, 0.2) is 0 Å². The first-order valence-corrected chi connectivity index (χ1v) is 3.88. The average Bonchev–Trinajstić information content (AvgIpc) is 2.04. The quantitative estimate of drug-likeness (QED) is 0.344. The molecule has 4 nitrogen and oxygen atoms in total. The normalized spacial score (nSPS) is 20.4. The number of ketones is 2. The topological polar surface area (TPSA) is 55.7 Å². The van der Waals surface area contributed by atoms with Crippen LogP contribution in [0.2, 0.25) is 0 Å². The second kappa shape index (κ2) is 3.99. The molecule has 12 heavy (non-hydrogen) atoms. The Balaban J connectivity index is 2.63. The molecule has 0 unspecified atom stereocenters. The fraction of sp³-hybridized carbons (Fsp3) is 0.625. The largest absolute Gasteiger partial charge is 0.399 e. The van der Waals surface area contributed by atoms with Crippen molar-refractivity contribution in [1.29, 1.82) is 0 Å². The van der Waals surface area contributed by atoms with E-state index in [1.54, 1.807) is 0 Å². The number of carbonyl (C=O) groups is 2. The van der Waals surface area contributed by atoms with Crippen LogP contribution in [0.25, 0.3) is 0 Å². The fourth-order valence-corrected chi connectivity index (χ4v) is 1.22. The van der Waals surface area contributed by atoms with Crippen LogP contribution in [-0.4, -0.2) is 24.9 Å². The summed E-state index contributed by atoms with van der Waals surface area (Å²) in [5.74, 6) is -0.752. The standard InChI is InChI=1S/C8H11NO3/c1-12-9-5-6-7(10)3-2-4-8(6)11/h5-6H,2-4H2,1H3. The van der Waals surface area contributed by atoms with Gasteiger partial charge in [-0.1, -0.05) is 5.16 Å². The molecule has 0 atom stereocenters. The van der Waals surface area contributed by atoms with E-state index in [4.69, 9.17) is 0 Å². The van der Waals surface area contributed by atoms with Gasteiger partial charge in [0.25, 0.3) is 0 Å². The first kappa shape index (κ1) is 8.90. The minimum atomic E-state index is -0.654. The molecule has 0 spiro atoms. The molecule has 4 heteroatoms. The zero-order valence-electron chi connectivity index (χ0n) is 6.95. The Morgan fingerprint density at radius 2 is 2.00 bits per heavy atom. The second-order valence-electron chi connectivity index (χ2n) is 2.70. The fourth-order valence-electron chi connectivity index (χ4n) is 1.22. The highest BCUT2D eigenvalue weighted by Crippen LogP contribution is 2.15. The summed E-state index contributed by atoms with van der Waals surface area (Å²) < 4.78 is 0. The second-order valence-corrected chi connectivity index (χ2v) is 2.70. The molecule has 0 N–H and O–H groups in total. The number of rotatable bonds is 2. The predicted molar refractivity (Wildman–Crippen MR) is 42.9 cm³/mol. The maximum Gasteiger partial charge on any atom is 0.148 e. The van der Waals surface area contributed by atoms with Crippen molar-refractivity contribution in [3.63, 3.8) is 0 Å². The molecule has 1 aliphatic rings. The van der Waals surface area contributed by atoms with Crippen LogP contribution in [0.1, 0.15) is 19.3 Å². The van der Waals surface area contributed by atoms with E-state index >= 15 is 0 Å². The highest BCUT2D eigenvalue weighted by atomic mass is 16.6. The third-order valence-corrected chi connectivity index (χ3v) is 1.86. The van der Waals surface area contributed by atoms with Crippen molar-refractivity contribution in [2.75, 3.05) is 7.11 Å². The van der Waals surface area contributed by atoms with Crippen molar-refractivity contribution in [1.82, 2.24) is 0 Å². The molecular formula is C8H11NO3. The molecule has 1 rings (SSSR count). The van der Waals surface area contributed by atoms with E-state index in [0.717, 1.165) is 0 Å². The van der Waals surface area contributed by atoms with E-state index in [9.17, 15) is 9.59 Å². The molecule has 0 heterocycles. The van der Waals surface area contributed by atoms with Gasteiger partial charge in [0.05, 0.1) is 6.21 Å². The van der Waals surface area contributed by atoms with Crippen molar-refractivity contribution >= 4 is 17.8 Å². The number of nitrogens with zero attached hydrogens (tertiary/aromatic N) is 1. The molecule has 0 bridgehead atoms. The number of hydrogen-bond donors (Lipinski definition) is 0. The zero-order valence-corrected chi connectivity index (χ0v) is 6.95. The van der Waals surface area contributed by atoms with Gasteiger partial charge in [0.2, 0.25) is 0 Å². The van der Waals surface area contributed by atoms with Gasteiger partial charge in [-0.2, -0.15) is 0 Å². The first-order chi connectivity index (χ1) is 5.75. The van der Waals surface area contributed by atoms with Gasteiger partial charge in [0, 0.05) is 12.8 Å². The molecule has 1 fully saturated rings. The lowest BCUT2D eigenvalue weighted by Gasteiger charge is -2.14. The molecule has 0 aliphatic heterocycles. The van der Waals surface area contributed by atoms with Crippen molar-refractivity contribution in [2.45, 2.75) is 19.3 Å². The summed E-state index contributed by atoms with van der Waals surface area (Å²) in [6.07, 6.45) is 2.91. The van der Waals surface area contributed by atoms with Gasteiger partial charge in [-0.3, -0.25) is 9.59 Å². The molecule has 66 valence electrons. The number of carbonyl (C=O) groups excluding carboxylic acids is 2. The Hall–Kier alpha value is -1.19. The lowest BCUT2D eigenvalue weighted by molar-refractivity contribution is -0.132. The Kier molecular flexibility index (Phi) is 2.96. The lowest BCUT2D eigenvalue weighted by atomic mass is 9.88. The van der Waals surface area contributed by atoms with Gasteiger partial charge in [-0.05, 0) is 6.42 Å². The summed E-state index contributed by atoms with van der Waals surface area (Å²) in [6, 6.07) is 0. The van der Waals surface area contributed by atoms with E-state index < -0.39 is 5.92 Å². The molecule has 0 aromatic carbocycles. The minimum Gasteiger partial charge on any atom is -0.399 e. The smallest absolute Gasteiger partial charge is 0.148 e. The highest BCUT2D eigenvalue weighted by Gasteiger charge is 2.28. The van der Waals surface area contributed by atoms with E-state index in [1.165, 1.54) is 13.3 Å². The van der Waals surface area contributed by atoms with Crippen molar-refractivity contribution in [3.8, 4) is 0 Å². The van der Waals surface area contributed by atoms with E-state index in [0.29, 0.717) is 19.3 Å². The monoisotopic (exact) mass is 169 g/mol. The lowest BCUT2D eigenvalue weighted by Crippen LogP contribution is -2.29. The zero-order chi connectivity index (χ0) is 8.97. The van der Waals surface area contributed by atoms with Crippen LogP contribution in [0, 0.1) is 5.92 Å². The SMILES string of the molecule is CON=CC1C(=O)CCCC1=O. The van der Waals surface area contributed by atoms with Crippen molar-refractivity contribution < 1.29 is 14.4 Å². The summed E-state index contributed by atoms with van der Waals surface area (Å²) in [5, 5.41) is 3.43. The predicted octanol–water partition coefficient (Wildman–Crippen LogP) is 0.557. The number of Topliss-reactive ketones (excluding diaryl/α,β-unsaturated/α-hetero) is 2. The first-order valence-electron chi connectivity index (χ1n) is 3.88. The minimum absolute atomic E-state index is 0.0490. The maximum absolute atomic E-state index is 11.1. The summed E-state index contributed by atoms with van der Waals surface area (Å²) in [6.45, 7) is 0. The van der Waals surface area contributed by atoms with Crippen LogP contribution in [0.4, 0.5) is 0 Å². The Labute approximate surface area is 70.6 Å². The molecule has 0 amide bonds. The third-order valence-electron chi connectivity index (χ3n) is 1.86. The van der Waals surface area contributed by atoms with E-state index in [2.05, 4.69) is 9.99 Å². The molecule has 0 radical (unpaired) electrons. The molecule has 0 aromatic rings. The Morgan fingerprint density at radius 3 is 2.50 bits per heavy atom. The number of hydrogen-bond acceptors (Lipinski definition) is 4. The van der Waals surface area contributed by atoms with Crippen LogP contribution >= 0.6 is 0 Å². The van der Waals surface area contributed by atoms with Gasteiger partial charge in [-0.25, -0.2) is 0 Å². The van der Waals surface area contributed by atoms with Crippen LogP contribution < -0.4 is 0 Å². The van der Waals surface area contributed by atoms with Gasteiger partial charge < -0.3 is 4.84 Å². The highest BCUT2D eigenvalue weighted by molar-refractivity contribution is 6.15. The van der Waals surface area contributed by atoms with Crippen molar-refractivity contribution in [3.05, 3.63) is 0 Å². The molecule has 1 aliphatic carbocycles. The molecular weight excluding hydrogens is 158 g/mol. The molecule has 0 saturated heterocycles. The Morgan fingerprint density at radius 1 is 1.42 bits per heavy atom. The maximum atomic E-state index is 11.1. The summed E-state index contributed by atoms with van der Waals surface area (Å²) >= 11 is 0. The summed E-state index contributed by atoms with van der Waals surface area (Å²) in [7, 11) is 1.38. The van der Waals surface area contributed by atoms with Gasteiger partial charge in [-0.15, -0.1) is 0 Å². The average molecular weight is 169 g/mol. The van der Waals surface area contributed by atoms with Crippen LogP contribution in [0.3, 0.4) is 0 Å². The Bertz CT molecular complexity index is 206. The van der Waals surface area contributed by atoms with E-state index in [1.807, 2.05) is 0 Å². The molecule has 1 saturated carbocycles. The third kappa shape index (κ3) is 1.90. The summed E-state index contributed by atoms with van der Waals surface area (Å²) in [5.41, 5.74) is 0.